The Labute approximate surface area is 190 Å². The maximum atomic E-state index is 11.4. The summed E-state index contributed by atoms with van der Waals surface area (Å²) in [4.78, 5) is 0. The van der Waals surface area contributed by atoms with Crippen LogP contribution in [-0.4, -0.2) is 34.1 Å². The van der Waals surface area contributed by atoms with Gasteiger partial charge in [-0.2, -0.15) is 0 Å². The van der Waals surface area contributed by atoms with Crippen molar-refractivity contribution in [1.29, 1.82) is 0 Å². The van der Waals surface area contributed by atoms with E-state index in [1.165, 1.54) is 17.6 Å². The molecule has 0 spiro atoms. The van der Waals surface area contributed by atoms with Crippen LogP contribution in [0.4, 0.5) is 0 Å². The lowest BCUT2D eigenvalue weighted by atomic mass is 9.46. The minimum Gasteiger partial charge on any atom is -0.395 e. The van der Waals surface area contributed by atoms with E-state index < -0.39 is 0 Å². The Morgan fingerprint density at radius 3 is 2.61 bits per heavy atom. The summed E-state index contributed by atoms with van der Waals surface area (Å²) in [6.45, 7) is 13.8. The van der Waals surface area contributed by atoms with Gasteiger partial charge in [0.2, 0.25) is 0 Å². The zero-order valence-corrected chi connectivity index (χ0v) is 20.3. The normalized spacial score (nSPS) is 45.5. The van der Waals surface area contributed by atoms with E-state index in [0.717, 1.165) is 51.4 Å². The second kappa shape index (κ2) is 8.61. The van der Waals surface area contributed by atoms with E-state index in [-0.39, 0.29) is 29.6 Å². The van der Waals surface area contributed by atoms with Crippen molar-refractivity contribution in [3.05, 3.63) is 23.8 Å². The molecule has 0 radical (unpaired) electrons. The summed E-state index contributed by atoms with van der Waals surface area (Å²) in [5, 5.41) is 32.2. The van der Waals surface area contributed by atoms with Crippen molar-refractivity contribution in [3.8, 4) is 0 Å². The van der Waals surface area contributed by atoms with Gasteiger partial charge >= 0.3 is 0 Å². The molecule has 0 aromatic rings. The fourth-order valence-corrected chi connectivity index (χ4v) is 8.63. The average molecular weight is 431 g/mol. The third-order valence-corrected chi connectivity index (χ3v) is 10.6. The Bertz CT molecular complexity index is 711. The van der Waals surface area contributed by atoms with Crippen molar-refractivity contribution >= 4 is 0 Å². The van der Waals surface area contributed by atoms with Crippen molar-refractivity contribution in [2.24, 2.45) is 46.3 Å². The summed E-state index contributed by atoms with van der Waals surface area (Å²) in [5.74, 6) is 2.96. The summed E-state index contributed by atoms with van der Waals surface area (Å²) in [5.41, 5.74) is 2.70. The van der Waals surface area contributed by atoms with Crippen LogP contribution in [0.15, 0.2) is 23.8 Å². The van der Waals surface area contributed by atoms with Crippen molar-refractivity contribution in [1.82, 2.24) is 0 Å². The van der Waals surface area contributed by atoms with Crippen LogP contribution in [0, 0.1) is 46.3 Å². The lowest BCUT2D eigenvalue weighted by Gasteiger charge is -2.59. The van der Waals surface area contributed by atoms with Gasteiger partial charge in [0.05, 0.1) is 18.8 Å². The second-order valence-corrected chi connectivity index (χ2v) is 12.3. The highest BCUT2D eigenvalue weighted by Gasteiger charge is 2.62. The smallest absolute Gasteiger partial charge is 0.0579 e. The van der Waals surface area contributed by atoms with E-state index in [0.29, 0.717) is 35.5 Å². The molecule has 176 valence electrons. The minimum absolute atomic E-state index is 0.151. The third-order valence-electron chi connectivity index (χ3n) is 10.6. The van der Waals surface area contributed by atoms with Gasteiger partial charge in [-0.25, -0.2) is 0 Å². The van der Waals surface area contributed by atoms with E-state index in [1.54, 1.807) is 0 Å². The van der Waals surface area contributed by atoms with Crippen LogP contribution in [0.5, 0.6) is 0 Å². The molecule has 3 heteroatoms. The monoisotopic (exact) mass is 430 g/mol. The maximum Gasteiger partial charge on any atom is 0.0579 e. The molecule has 0 heterocycles. The van der Waals surface area contributed by atoms with E-state index >= 15 is 0 Å². The summed E-state index contributed by atoms with van der Waals surface area (Å²) < 4.78 is 0. The van der Waals surface area contributed by atoms with Crippen LogP contribution in [0.2, 0.25) is 0 Å². The first-order valence-corrected chi connectivity index (χ1v) is 13.0. The fraction of sp³-hybridized carbons (Fsp3) is 0.857. The van der Waals surface area contributed by atoms with Gasteiger partial charge in [-0.1, -0.05) is 51.5 Å². The van der Waals surface area contributed by atoms with E-state index in [9.17, 15) is 15.3 Å². The van der Waals surface area contributed by atoms with Gasteiger partial charge in [-0.05, 0) is 98.7 Å². The largest absolute Gasteiger partial charge is 0.395 e. The molecule has 0 aromatic heterocycles. The number of hydrogen-bond acceptors (Lipinski definition) is 3. The van der Waals surface area contributed by atoms with E-state index in [1.807, 2.05) is 0 Å². The molecule has 3 N–H and O–H groups in total. The molecule has 4 unspecified atom stereocenters. The molecule has 3 fully saturated rings. The zero-order valence-electron chi connectivity index (χ0n) is 20.3. The molecular formula is C28H46O3. The third kappa shape index (κ3) is 3.77. The Balaban J connectivity index is 1.56. The summed E-state index contributed by atoms with van der Waals surface area (Å²) >= 11 is 0. The van der Waals surface area contributed by atoms with Gasteiger partial charge in [-0.15, -0.1) is 0 Å². The van der Waals surface area contributed by atoms with Gasteiger partial charge in [0.25, 0.3) is 0 Å². The highest BCUT2D eigenvalue weighted by Crippen LogP contribution is 2.67. The first kappa shape index (κ1) is 23.5. The Morgan fingerprint density at radius 1 is 1.19 bits per heavy atom. The van der Waals surface area contributed by atoms with Crippen LogP contribution in [0.3, 0.4) is 0 Å². The molecular weight excluding hydrogens is 384 g/mol. The van der Waals surface area contributed by atoms with Crippen LogP contribution in [-0.2, 0) is 0 Å². The SMILES string of the molecule is C=C(CCC(C)[C@H]1C[C@@H](O)C2C3CC=C4C[C@@H](O)CC[C@]4(CO)C3CC[C@@]21C)C(C)C. The topological polar surface area (TPSA) is 60.7 Å². The van der Waals surface area contributed by atoms with Crippen LogP contribution in [0.25, 0.3) is 0 Å². The van der Waals surface area contributed by atoms with Crippen molar-refractivity contribution in [2.45, 2.75) is 97.7 Å². The summed E-state index contributed by atoms with van der Waals surface area (Å²) in [6.07, 6.45) is 10.8. The molecule has 3 saturated carbocycles. The predicted molar refractivity (Wildman–Crippen MR) is 126 cm³/mol. The van der Waals surface area contributed by atoms with Crippen molar-refractivity contribution in [3.63, 3.8) is 0 Å². The Morgan fingerprint density at radius 2 is 1.94 bits per heavy atom. The van der Waals surface area contributed by atoms with Crippen LogP contribution in [0.1, 0.15) is 85.5 Å². The maximum absolute atomic E-state index is 11.4. The van der Waals surface area contributed by atoms with Crippen LogP contribution >= 0.6 is 0 Å². The number of hydrogen-bond donors (Lipinski definition) is 3. The van der Waals surface area contributed by atoms with Crippen molar-refractivity contribution in [2.75, 3.05) is 6.61 Å². The lowest BCUT2D eigenvalue weighted by Crippen LogP contribution is -2.54. The van der Waals surface area contributed by atoms with Gasteiger partial charge in [0.1, 0.15) is 0 Å². The van der Waals surface area contributed by atoms with Gasteiger partial charge in [0.15, 0.2) is 0 Å². The average Bonchev–Trinajstić information content (AvgIpc) is 3.02. The second-order valence-electron chi connectivity index (χ2n) is 12.3. The first-order valence-electron chi connectivity index (χ1n) is 13.0. The van der Waals surface area contributed by atoms with Crippen molar-refractivity contribution < 1.29 is 15.3 Å². The molecule has 31 heavy (non-hydrogen) atoms. The molecule has 0 saturated heterocycles. The number of allylic oxidation sites excluding steroid dienone is 2. The molecule has 0 bridgehead atoms. The Kier molecular flexibility index (Phi) is 6.53. The predicted octanol–water partition coefficient (Wildman–Crippen LogP) is 5.50. The molecule has 0 aromatic carbocycles. The molecule has 4 aliphatic carbocycles. The van der Waals surface area contributed by atoms with E-state index in [4.69, 9.17) is 0 Å². The number of rotatable bonds is 6. The number of aliphatic hydroxyl groups excluding tert-OH is 3. The fourth-order valence-electron chi connectivity index (χ4n) is 8.63. The summed E-state index contributed by atoms with van der Waals surface area (Å²) in [6, 6.07) is 0. The lowest BCUT2D eigenvalue weighted by molar-refractivity contribution is -0.0986. The standard InChI is InChI=1S/C28H46O3/c1-17(2)18(3)6-7-19(4)24-15-25(31)26-22-9-8-20-14-21(30)10-13-28(20,16-29)23(22)11-12-27(24,26)5/h8,17,19,21-26,29-31H,3,6-7,9-16H2,1-2,4-5H3/t19?,21-,22?,23?,24+,25+,26?,27+,28+/m0/s1. The molecule has 3 nitrogen and oxygen atoms in total. The first-order chi connectivity index (χ1) is 14.6. The molecule has 9 atom stereocenters. The highest BCUT2D eigenvalue weighted by atomic mass is 16.3. The van der Waals surface area contributed by atoms with Gasteiger partial charge in [0, 0.05) is 5.41 Å². The number of fused-ring (bicyclic) bond motifs is 5. The van der Waals surface area contributed by atoms with Crippen LogP contribution < -0.4 is 0 Å². The Hall–Kier alpha value is -0.640. The molecule has 4 rings (SSSR count). The minimum atomic E-state index is -0.251. The number of aliphatic hydroxyl groups is 3. The quantitative estimate of drug-likeness (QED) is 0.488. The molecule has 0 amide bonds. The summed E-state index contributed by atoms with van der Waals surface area (Å²) in [7, 11) is 0. The van der Waals surface area contributed by atoms with Gasteiger partial charge < -0.3 is 15.3 Å². The molecule has 4 aliphatic rings. The highest BCUT2D eigenvalue weighted by molar-refractivity contribution is 5.27. The molecule has 0 aliphatic heterocycles. The van der Waals surface area contributed by atoms with Gasteiger partial charge in [-0.3, -0.25) is 0 Å². The van der Waals surface area contributed by atoms with E-state index in [2.05, 4.69) is 40.3 Å². The zero-order chi connectivity index (χ0) is 22.6.